The number of hydrogen-bond donors (Lipinski definition) is 2. The SMILES string of the molecule is C[C@@H]([C@@H]1COC2(CCCC2)O1)[C@H](NC(=O)F)C(=O)O. The summed E-state index contributed by atoms with van der Waals surface area (Å²) in [5.41, 5.74) is 0. The lowest BCUT2D eigenvalue weighted by molar-refractivity contribution is -0.169. The summed E-state index contributed by atoms with van der Waals surface area (Å²) in [6.45, 7) is 1.88. The number of carboxylic acids is 1. The quantitative estimate of drug-likeness (QED) is 0.599. The first-order chi connectivity index (χ1) is 8.93. The highest BCUT2D eigenvalue weighted by Gasteiger charge is 2.47. The van der Waals surface area contributed by atoms with Gasteiger partial charge in [-0.3, -0.25) is 0 Å². The Hall–Kier alpha value is -1.21. The van der Waals surface area contributed by atoms with Crippen molar-refractivity contribution < 1.29 is 28.6 Å². The molecule has 1 spiro atoms. The maximum atomic E-state index is 12.4. The minimum atomic E-state index is -1.85. The molecule has 1 aliphatic heterocycles. The molecule has 1 heterocycles. The molecule has 2 fully saturated rings. The summed E-state index contributed by atoms with van der Waals surface area (Å²) in [5, 5.41) is 10.8. The van der Waals surface area contributed by atoms with E-state index in [0.29, 0.717) is 0 Å². The summed E-state index contributed by atoms with van der Waals surface area (Å²) in [4.78, 5) is 21.5. The van der Waals surface area contributed by atoms with Crippen molar-refractivity contribution in [2.45, 2.75) is 50.5 Å². The summed E-state index contributed by atoms with van der Waals surface area (Å²) in [6, 6.07) is -1.32. The van der Waals surface area contributed by atoms with E-state index in [1.807, 2.05) is 0 Å². The van der Waals surface area contributed by atoms with Crippen molar-refractivity contribution in [2.75, 3.05) is 6.61 Å². The highest BCUT2D eigenvalue weighted by Crippen LogP contribution is 2.41. The largest absolute Gasteiger partial charge is 0.480 e. The predicted octanol–water partition coefficient (Wildman–Crippen LogP) is 1.44. The van der Waals surface area contributed by atoms with Crippen molar-refractivity contribution in [3.8, 4) is 0 Å². The smallest absolute Gasteiger partial charge is 0.398 e. The van der Waals surface area contributed by atoms with Crippen LogP contribution in [0.1, 0.15) is 32.6 Å². The molecule has 2 aliphatic rings. The van der Waals surface area contributed by atoms with E-state index in [1.165, 1.54) is 0 Å². The fourth-order valence-corrected chi connectivity index (χ4v) is 2.77. The van der Waals surface area contributed by atoms with Crippen LogP contribution in [0.15, 0.2) is 0 Å². The lowest BCUT2D eigenvalue weighted by Gasteiger charge is -2.27. The average Bonchev–Trinajstić information content (AvgIpc) is 2.96. The Labute approximate surface area is 110 Å². The van der Waals surface area contributed by atoms with Gasteiger partial charge in [0.2, 0.25) is 0 Å². The molecule has 0 aromatic rings. The molecular weight excluding hydrogens is 257 g/mol. The van der Waals surface area contributed by atoms with Crippen molar-refractivity contribution in [1.82, 2.24) is 5.32 Å². The Bertz CT molecular complexity index is 369. The van der Waals surface area contributed by atoms with Gasteiger partial charge >= 0.3 is 12.1 Å². The monoisotopic (exact) mass is 275 g/mol. The zero-order chi connectivity index (χ0) is 14.0. The lowest BCUT2D eigenvalue weighted by Crippen LogP contribution is -2.48. The summed E-state index contributed by atoms with van der Waals surface area (Å²) >= 11 is 0. The maximum Gasteiger partial charge on any atom is 0.398 e. The Morgan fingerprint density at radius 2 is 2.05 bits per heavy atom. The Kier molecular flexibility index (Phi) is 4.05. The van der Waals surface area contributed by atoms with Crippen molar-refractivity contribution in [3.63, 3.8) is 0 Å². The van der Waals surface area contributed by atoms with Crippen LogP contribution < -0.4 is 5.32 Å². The third kappa shape index (κ3) is 3.03. The number of carbonyl (C=O) groups excluding carboxylic acids is 1. The number of nitrogens with one attached hydrogen (secondary N) is 1. The Morgan fingerprint density at radius 3 is 2.58 bits per heavy atom. The van der Waals surface area contributed by atoms with Crippen LogP contribution in [0.25, 0.3) is 0 Å². The third-order valence-electron chi connectivity index (χ3n) is 3.89. The van der Waals surface area contributed by atoms with Gasteiger partial charge in [-0.2, -0.15) is 0 Å². The number of ether oxygens (including phenoxy) is 2. The van der Waals surface area contributed by atoms with E-state index in [9.17, 15) is 14.0 Å². The standard InChI is InChI=1S/C12H18FNO5/c1-7(9(10(15)16)14-11(13)17)8-6-18-12(19-8)4-2-3-5-12/h7-9H,2-6H2,1H3,(H,14,17)(H,15,16)/t7-,8-,9-/m0/s1. The number of amides is 1. The minimum Gasteiger partial charge on any atom is -0.480 e. The third-order valence-corrected chi connectivity index (χ3v) is 3.89. The van der Waals surface area contributed by atoms with Gasteiger partial charge < -0.3 is 19.9 Å². The van der Waals surface area contributed by atoms with Crippen molar-refractivity contribution in [1.29, 1.82) is 0 Å². The highest BCUT2D eigenvalue weighted by molar-refractivity contribution is 5.79. The summed E-state index contributed by atoms with van der Waals surface area (Å²) in [5.74, 6) is -2.45. The van der Waals surface area contributed by atoms with Gasteiger partial charge in [0, 0.05) is 18.8 Å². The van der Waals surface area contributed by atoms with Crippen LogP contribution in [0.3, 0.4) is 0 Å². The second-order valence-corrected chi connectivity index (χ2v) is 5.18. The average molecular weight is 275 g/mol. The second kappa shape index (κ2) is 5.42. The Morgan fingerprint density at radius 1 is 1.42 bits per heavy atom. The molecule has 1 aliphatic carbocycles. The molecule has 0 aromatic carbocycles. The summed E-state index contributed by atoms with van der Waals surface area (Å²) in [6.07, 6.45) is 1.32. The molecule has 0 unspecified atom stereocenters. The molecule has 1 saturated heterocycles. The first kappa shape index (κ1) is 14.2. The van der Waals surface area contributed by atoms with Gasteiger partial charge in [0.1, 0.15) is 6.04 Å². The van der Waals surface area contributed by atoms with E-state index in [1.54, 1.807) is 12.2 Å². The molecule has 6 nitrogen and oxygen atoms in total. The van der Waals surface area contributed by atoms with E-state index in [4.69, 9.17) is 14.6 Å². The number of carboxylic acid groups (broad SMARTS) is 1. The van der Waals surface area contributed by atoms with Crippen LogP contribution in [0.5, 0.6) is 0 Å². The number of rotatable bonds is 4. The van der Waals surface area contributed by atoms with Crippen LogP contribution in [0, 0.1) is 5.92 Å². The summed E-state index contributed by atoms with van der Waals surface area (Å²) < 4.78 is 23.8. The number of hydrogen-bond acceptors (Lipinski definition) is 4. The minimum absolute atomic E-state index is 0.271. The fourth-order valence-electron chi connectivity index (χ4n) is 2.77. The van der Waals surface area contributed by atoms with Crippen LogP contribution in [-0.2, 0) is 14.3 Å². The molecule has 2 N–H and O–H groups in total. The van der Waals surface area contributed by atoms with Gasteiger partial charge in [-0.15, -0.1) is 4.39 Å². The van der Waals surface area contributed by atoms with Gasteiger partial charge in [0.05, 0.1) is 12.7 Å². The predicted molar refractivity (Wildman–Crippen MR) is 62.3 cm³/mol. The van der Waals surface area contributed by atoms with Gasteiger partial charge in [0.15, 0.2) is 5.79 Å². The molecule has 0 aromatic heterocycles. The van der Waals surface area contributed by atoms with Crippen LogP contribution in [0.4, 0.5) is 9.18 Å². The first-order valence-corrected chi connectivity index (χ1v) is 6.44. The zero-order valence-corrected chi connectivity index (χ0v) is 10.7. The molecule has 108 valence electrons. The van der Waals surface area contributed by atoms with Gasteiger partial charge in [-0.25, -0.2) is 9.59 Å². The summed E-state index contributed by atoms with van der Waals surface area (Å²) in [7, 11) is 0. The number of aliphatic carboxylic acids is 1. The molecule has 0 radical (unpaired) electrons. The van der Waals surface area contributed by atoms with Crippen molar-refractivity contribution in [3.05, 3.63) is 0 Å². The van der Waals surface area contributed by atoms with E-state index < -0.39 is 36.0 Å². The molecule has 1 amide bonds. The molecule has 0 bridgehead atoms. The van der Waals surface area contributed by atoms with E-state index in [2.05, 4.69) is 0 Å². The molecule has 1 saturated carbocycles. The van der Waals surface area contributed by atoms with Gasteiger partial charge in [0.25, 0.3) is 0 Å². The van der Waals surface area contributed by atoms with Gasteiger partial charge in [-0.1, -0.05) is 6.92 Å². The van der Waals surface area contributed by atoms with Crippen LogP contribution >= 0.6 is 0 Å². The van der Waals surface area contributed by atoms with Crippen molar-refractivity contribution in [2.24, 2.45) is 5.92 Å². The maximum absolute atomic E-state index is 12.4. The van der Waals surface area contributed by atoms with Crippen LogP contribution in [-0.4, -0.2) is 41.8 Å². The van der Waals surface area contributed by atoms with E-state index in [0.717, 1.165) is 25.7 Å². The van der Waals surface area contributed by atoms with E-state index >= 15 is 0 Å². The molecule has 19 heavy (non-hydrogen) atoms. The lowest BCUT2D eigenvalue weighted by atomic mass is 9.96. The fraction of sp³-hybridized carbons (Fsp3) is 0.833. The normalized spacial score (nSPS) is 28.2. The number of carbonyl (C=O) groups is 2. The molecule has 2 rings (SSSR count). The molecule has 7 heteroatoms. The van der Waals surface area contributed by atoms with Crippen LogP contribution in [0.2, 0.25) is 0 Å². The molecule has 3 atom stereocenters. The molecular formula is C12H18FNO5. The Balaban J connectivity index is 2.00. The highest BCUT2D eigenvalue weighted by atomic mass is 19.1. The topological polar surface area (TPSA) is 84.9 Å². The van der Waals surface area contributed by atoms with E-state index in [-0.39, 0.29) is 6.61 Å². The van der Waals surface area contributed by atoms with Crippen molar-refractivity contribution >= 4 is 12.1 Å². The van der Waals surface area contributed by atoms with Gasteiger partial charge in [-0.05, 0) is 12.8 Å². The zero-order valence-electron chi connectivity index (χ0n) is 10.7. The number of halogens is 1. The first-order valence-electron chi connectivity index (χ1n) is 6.44. The second-order valence-electron chi connectivity index (χ2n) is 5.18.